The highest BCUT2D eigenvalue weighted by Crippen LogP contribution is 2.74. The molecule has 0 aliphatic carbocycles. The van der Waals surface area contributed by atoms with E-state index in [1.807, 2.05) is 0 Å². The van der Waals surface area contributed by atoms with Gasteiger partial charge >= 0.3 is 0 Å². The normalized spacial score (nSPS) is 20.9. The fraction of sp³-hybridized carbons (Fsp3) is 0.100. The van der Waals surface area contributed by atoms with Crippen molar-refractivity contribution in [3.05, 3.63) is 192 Å². The van der Waals surface area contributed by atoms with Crippen molar-refractivity contribution in [1.82, 2.24) is 0 Å². The van der Waals surface area contributed by atoms with E-state index < -0.39 is 37.3 Å². The van der Waals surface area contributed by atoms with Crippen molar-refractivity contribution >= 4 is 24.9 Å². The number of alkyl halides is 4. The van der Waals surface area contributed by atoms with Crippen LogP contribution in [0.2, 0.25) is 0 Å². The van der Waals surface area contributed by atoms with Gasteiger partial charge < -0.3 is 18.6 Å². The van der Waals surface area contributed by atoms with Crippen molar-refractivity contribution in [3.63, 3.8) is 0 Å². The second kappa shape index (κ2) is 13.1. The Morgan fingerprint density at radius 2 is 0.620 bits per heavy atom. The first-order valence-corrected chi connectivity index (χ1v) is 19.3. The Morgan fingerprint density at radius 3 is 0.880 bits per heavy atom. The van der Waals surface area contributed by atoms with Crippen molar-refractivity contribution < 1.29 is 36.2 Å². The molecule has 2 aliphatic rings. The van der Waals surface area contributed by atoms with Crippen molar-refractivity contribution in [2.75, 3.05) is 0 Å². The van der Waals surface area contributed by atoms with Gasteiger partial charge in [0.15, 0.2) is 0 Å². The largest absolute Gasteiger partial charge is 0.469 e. The maximum Gasteiger partial charge on any atom is 0.297 e. The fourth-order valence-corrected chi connectivity index (χ4v) is 12.7. The van der Waals surface area contributed by atoms with Gasteiger partial charge in [0.05, 0.1) is 10.6 Å². The SMILES string of the molecule is O=[P@@]1(C(F)F)c2ccccc2OC1(c1ccccc1)c1ccccc1.O=[P@]1(C(F)F)c2ccccc2OC1(c1ccccc1)c1ccccc1. The molecule has 4 nitrogen and oxygen atoms in total. The Bertz CT molecular complexity index is 1960. The number of halogens is 4. The number of hydrogen-bond donors (Lipinski definition) is 0. The van der Waals surface area contributed by atoms with E-state index in [-0.39, 0.29) is 22.1 Å². The number of para-hydroxylation sites is 2. The molecule has 0 unspecified atom stereocenters. The zero-order chi connectivity index (χ0) is 35.0. The van der Waals surface area contributed by atoms with E-state index in [9.17, 15) is 26.7 Å². The second-order valence-electron chi connectivity index (χ2n) is 11.8. The lowest BCUT2D eigenvalue weighted by Crippen LogP contribution is -2.34. The predicted octanol–water partition coefficient (Wildman–Crippen LogP) is 10.4. The van der Waals surface area contributed by atoms with Crippen molar-refractivity contribution in [3.8, 4) is 11.5 Å². The maximum absolute atomic E-state index is 14.3. The molecule has 0 bridgehead atoms. The summed E-state index contributed by atoms with van der Waals surface area (Å²) in [5, 5.41) is -3.27. The smallest absolute Gasteiger partial charge is 0.297 e. The average Bonchev–Trinajstić information content (AvgIpc) is 3.62. The van der Waals surface area contributed by atoms with Gasteiger partial charge in [-0.2, -0.15) is 0 Å². The number of benzene rings is 6. The summed E-state index contributed by atoms with van der Waals surface area (Å²) >= 11 is 0. The molecule has 2 heterocycles. The van der Waals surface area contributed by atoms with E-state index in [1.54, 1.807) is 158 Å². The van der Waals surface area contributed by atoms with Gasteiger partial charge in [0.25, 0.3) is 12.3 Å². The van der Waals surface area contributed by atoms with Gasteiger partial charge in [-0.05, 0) is 24.3 Å². The quantitative estimate of drug-likeness (QED) is 0.127. The third-order valence-corrected chi connectivity index (χ3v) is 15.5. The van der Waals surface area contributed by atoms with E-state index >= 15 is 0 Å². The summed E-state index contributed by atoms with van der Waals surface area (Å²) in [4.78, 5) is 0. The standard InChI is InChI=1S/2C20H15F2O2P/c2*21-19(22)25(23)18-14-8-7-13-17(18)24-20(25,15-9-3-1-4-10-15)16-11-5-2-6-12-16/h2*1-14,19H/t2*25-/m10/s1. The van der Waals surface area contributed by atoms with Crippen LogP contribution in [-0.4, -0.2) is 12.3 Å². The third-order valence-electron chi connectivity index (χ3n) is 9.11. The van der Waals surface area contributed by atoms with Crippen molar-refractivity contribution in [1.29, 1.82) is 0 Å². The van der Waals surface area contributed by atoms with Crippen LogP contribution in [-0.2, 0) is 19.8 Å². The monoisotopic (exact) mass is 712 g/mol. The van der Waals surface area contributed by atoms with E-state index in [0.29, 0.717) is 22.3 Å². The molecule has 252 valence electrons. The van der Waals surface area contributed by atoms with Gasteiger partial charge in [-0.25, -0.2) is 17.6 Å². The molecule has 0 radical (unpaired) electrons. The predicted molar refractivity (Wildman–Crippen MR) is 188 cm³/mol. The Morgan fingerprint density at radius 1 is 0.380 bits per heavy atom. The van der Waals surface area contributed by atoms with Gasteiger partial charge in [-0.15, -0.1) is 0 Å². The summed E-state index contributed by atoms with van der Waals surface area (Å²) < 4.78 is 97.3. The lowest BCUT2D eigenvalue weighted by atomic mass is 10.0. The summed E-state index contributed by atoms with van der Waals surface area (Å²) in [5.74, 6) is 0.498. The molecule has 8 rings (SSSR count). The van der Waals surface area contributed by atoms with Gasteiger partial charge in [0, 0.05) is 22.3 Å². The van der Waals surface area contributed by atoms with Crippen LogP contribution in [0.4, 0.5) is 17.6 Å². The highest BCUT2D eigenvalue weighted by Gasteiger charge is 2.65. The zero-order valence-corrected chi connectivity index (χ0v) is 28.1. The molecule has 0 N–H and O–H groups in total. The number of ether oxygens (including phenoxy) is 2. The minimum absolute atomic E-state index is 0.0951. The highest BCUT2D eigenvalue weighted by atomic mass is 31.2. The van der Waals surface area contributed by atoms with Crippen LogP contribution in [0.15, 0.2) is 170 Å². The summed E-state index contributed by atoms with van der Waals surface area (Å²) in [6, 6.07) is 47.3. The van der Waals surface area contributed by atoms with Crippen LogP contribution in [0, 0.1) is 0 Å². The maximum atomic E-state index is 14.3. The minimum atomic E-state index is -4.27. The molecule has 2 aliphatic heterocycles. The molecule has 0 saturated heterocycles. The van der Waals surface area contributed by atoms with Gasteiger partial charge in [-0.1, -0.05) is 146 Å². The second-order valence-corrected chi connectivity index (χ2v) is 17.4. The first kappa shape index (κ1) is 33.6. The summed E-state index contributed by atoms with van der Waals surface area (Å²) in [6.07, 6.45) is -6.09. The van der Waals surface area contributed by atoms with Crippen molar-refractivity contribution in [2.45, 2.75) is 23.0 Å². The molecule has 50 heavy (non-hydrogen) atoms. The first-order chi connectivity index (χ1) is 24.2. The Hall–Kier alpha value is -4.90. The minimum Gasteiger partial charge on any atom is -0.469 e. The fourth-order valence-electron chi connectivity index (χ4n) is 6.91. The molecule has 6 aromatic rings. The lowest BCUT2D eigenvalue weighted by molar-refractivity contribution is 0.178. The van der Waals surface area contributed by atoms with Crippen LogP contribution >= 0.6 is 14.3 Å². The van der Waals surface area contributed by atoms with Gasteiger partial charge in [0.2, 0.25) is 25.0 Å². The third kappa shape index (κ3) is 4.88. The number of fused-ring (bicyclic) bond motifs is 2. The molecule has 2 atom stereocenters. The van der Waals surface area contributed by atoms with Crippen LogP contribution in [0.3, 0.4) is 0 Å². The van der Waals surface area contributed by atoms with Gasteiger partial charge in [-0.3, -0.25) is 0 Å². The topological polar surface area (TPSA) is 52.6 Å². The summed E-state index contributed by atoms with van der Waals surface area (Å²) in [5.41, 5.74) is 1.84. The van der Waals surface area contributed by atoms with Gasteiger partial charge in [0.1, 0.15) is 11.5 Å². The molecular formula is C40H30F4O4P2. The molecule has 0 amide bonds. The molecule has 0 fully saturated rings. The summed E-state index contributed by atoms with van der Waals surface area (Å²) in [7, 11) is -8.54. The van der Waals surface area contributed by atoms with Crippen molar-refractivity contribution in [2.24, 2.45) is 0 Å². The Balaban J connectivity index is 0.000000157. The van der Waals surface area contributed by atoms with Crippen LogP contribution in [0.25, 0.3) is 0 Å². The highest BCUT2D eigenvalue weighted by molar-refractivity contribution is 7.74. The average molecular weight is 713 g/mol. The Labute approximate surface area is 287 Å². The van der Waals surface area contributed by atoms with E-state index in [4.69, 9.17) is 9.47 Å². The summed E-state index contributed by atoms with van der Waals surface area (Å²) in [6.45, 7) is 0. The van der Waals surface area contributed by atoms with Crippen LogP contribution in [0.5, 0.6) is 11.5 Å². The van der Waals surface area contributed by atoms with E-state index in [2.05, 4.69) is 0 Å². The molecule has 0 saturated carbocycles. The number of rotatable bonds is 6. The zero-order valence-electron chi connectivity index (χ0n) is 26.4. The molecule has 6 aromatic carbocycles. The molecular weight excluding hydrogens is 682 g/mol. The molecule has 10 heteroatoms. The number of hydrogen-bond acceptors (Lipinski definition) is 4. The Kier molecular flexibility index (Phi) is 8.80. The molecule has 0 spiro atoms. The lowest BCUT2D eigenvalue weighted by Gasteiger charge is -2.35. The molecule has 0 aromatic heterocycles. The van der Waals surface area contributed by atoms with Crippen LogP contribution < -0.4 is 20.1 Å². The van der Waals surface area contributed by atoms with E-state index in [1.165, 1.54) is 12.1 Å². The van der Waals surface area contributed by atoms with Crippen LogP contribution in [0.1, 0.15) is 22.3 Å². The van der Waals surface area contributed by atoms with E-state index in [0.717, 1.165) is 0 Å². The first-order valence-electron chi connectivity index (χ1n) is 15.8.